The highest BCUT2D eigenvalue weighted by Gasteiger charge is 2.32. The molecule has 11 heavy (non-hydrogen) atoms. The van der Waals surface area contributed by atoms with Crippen LogP contribution in [0.15, 0.2) is 0 Å². The highest BCUT2D eigenvalue weighted by Crippen LogP contribution is 2.16. The van der Waals surface area contributed by atoms with E-state index in [0.717, 1.165) is 13.1 Å². The predicted octanol–water partition coefficient (Wildman–Crippen LogP) is 1.77. The van der Waals surface area contributed by atoms with Crippen LogP contribution in [-0.2, 0) is 0 Å². The van der Waals surface area contributed by atoms with E-state index < -0.39 is 0 Å². The third-order valence-corrected chi connectivity index (χ3v) is 2.16. The summed E-state index contributed by atoms with van der Waals surface area (Å²) in [6, 6.07) is 2.52. The maximum Gasteiger partial charge on any atom is 0.111 e. The van der Waals surface area contributed by atoms with Gasteiger partial charge in [0, 0.05) is 6.54 Å². The van der Waals surface area contributed by atoms with E-state index in [9.17, 15) is 0 Å². The molecule has 2 unspecified atom stereocenters. The molecule has 0 N–H and O–H groups in total. The van der Waals surface area contributed by atoms with Crippen molar-refractivity contribution >= 4 is 0 Å². The normalized spacial score (nSPS) is 28.0. The molecule has 2 nitrogen and oxygen atoms in total. The Morgan fingerprint density at radius 2 is 2.27 bits per heavy atom. The summed E-state index contributed by atoms with van der Waals surface area (Å²) >= 11 is 0. The monoisotopic (exact) mass is 152 g/mol. The van der Waals surface area contributed by atoms with Gasteiger partial charge in [0.05, 0.1) is 6.07 Å². The molecular formula is C9H16N2. The Kier molecular flexibility index (Phi) is 3.38. The Hall–Kier alpha value is -0.550. The van der Waals surface area contributed by atoms with Crippen molar-refractivity contribution in [3.63, 3.8) is 0 Å². The second-order valence-electron chi connectivity index (χ2n) is 3.20. The van der Waals surface area contributed by atoms with E-state index in [1.165, 1.54) is 25.7 Å². The van der Waals surface area contributed by atoms with Crippen LogP contribution in [0.5, 0.6) is 0 Å². The minimum absolute atomic E-state index is 0.261. The number of nitriles is 1. The molecule has 0 aliphatic carbocycles. The zero-order valence-corrected chi connectivity index (χ0v) is 7.21. The largest absolute Gasteiger partial charge is 0.284 e. The van der Waals surface area contributed by atoms with Crippen LogP contribution in [0.25, 0.3) is 0 Å². The molecule has 0 aromatic rings. The minimum atomic E-state index is 0.261. The van der Waals surface area contributed by atoms with E-state index >= 15 is 0 Å². The predicted molar refractivity (Wildman–Crippen MR) is 45.1 cm³/mol. The first-order valence-electron chi connectivity index (χ1n) is 4.52. The molecule has 0 radical (unpaired) electrons. The van der Waals surface area contributed by atoms with Crippen LogP contribution in [0.2, 0.25) is 0 Å². The molecule has 1 aliphatic heterocycles. The minimum Gasteiger partial charge on any atom is -0.284 e. The van der Waals surface area contributed by atoms with Crippen LogP contribution in [0.1, 0.15) is 32.6 Å². The third-order valence-electron chi connectivity index (χ3n) is 2.16. The summed E-state index contributed by atoms with van der Waals surface area (Å²) in [5.74, 6) is 0. The van der Waals surface area contributed by atoms with Crippen molar-refractivity contribution in [3.05, 3.63) is 0 Å². The molecular weight excluding hydrogens is 136 g/mol. The van der Waals surface area contributed by atoms with Crippen molar-refractivity contribution in [3.8, 4) is 6.07 Å². The molecule has 2 atom stereocenters. The molecule has 0 bridgehead atoms. The second-order valence-corrected chi connectivity index (χ2v) is 3.20. The van der Waals surface area contributed by atoms with Gasteiger partial charge in [-0.15, -0.1) is 0 Å². The SMILES string of the molecule is CCCCCCN1CC1C#N. The van der Waals surface area contributed by atoms with Crippen LogP contribution < -0.4 is 0 Å². The van der Waals surface area contributed by atoms with Gasteiger partial charge < -0.3 is 0 Å². The summed E-state index contributed by atoms with van der Waals surface area (Å²) in [6.45, 7) is 4.37. The molecule has 1 rings (SSSR count). The summed E-state index contributed by atoms with van der Waals surface area (Å²) in [7, 11) is 0. The standard InChI is InChI=1S/C9H16N2/c1-2-3-4-5-6-11-8-9(11)7-10/h9H,2-6,8H2,1H3. The van der Waals surface area contributed by atoms with Gasteiger partial charge in [-0.25, -0.2) is 0 Å². The van der Waals surface area contributed by atoms with Gasteiger partial charge in [0.1, 0.15) is 6.04 Å². The van der Waals surface area contributed by atoms with Crippen LogP contribution in [0.3, 0.4) is 0 Å². The lowest BCUT2D eigenvalue weighted by atomic mass is 10.2. The fourth-order valence-electron chi connectivity index (χ4n) is 1.29. The van der Waals surface area contributed by atoms with Crippen molar-refractivity contribution in [2.45, 2.75) is 38.6 Å². The molecule has 0 saturated carbocycles. The summed E-state index contributed by atoms with van der Waals surface area (Å²) in [5, 5.41) is 8.49. The van der Waals surface area contributed by atoms with Crippen LogP contribution in [0, 0.1) is 11.3 Å². The number of nitrogens with zero attached hydrogens (tertiary/aromatic N) is 2. The van der Waals surface area contributed by atoms with E-state index in [1.54, 1.807) is 0 Å². The fourth-order valence-corrected chi connectivity index (χ4v) is 1.29. The van der Waals surface area contributed by atoms with Crippen molar-refractivity contribution in [1.82, 2.24) is 4.90 Å². The summed E-state index contributed by atoms with van der Waals surface area (Å²) in [5.41, 5.74) is 0. The number of hydrogen-bond acceptors (Lipinski definition) is 2. The highest BCUT2D eigenvalue weighted by atomic mass is 15.3. The summed E-state index contributed by atoms with van der Waals surface area (Å²) in [4.78, 5) is 2.23. The average Bonchev–Trinajstić information content (AvgIpc) is 2.77. The van der Waals surface area contributed by atoms with Crippen molar-refractivity contribution in [2.24, 2.45) is 0 Å². The smallest absolute Gasteiger partial charge is 0.111 e. The zero-order valence-electron chi connectivity index (χ0n) is 7.21. The first-order valence-corrected chi connectivity index (χ1v) is 4.52. The van der Waals surface area contributed by atoms with Gasteiger partial charge in [-0.2, -0.15) is 5.26 Å². The quantitative estimate of drug-likeness (QED) is 0.443. The van der Waals surface area contributed by atoms with Crippen molar-refractivity contribution < 1.29 is 0 Å². The molecule has 0 amide bonds. The first kappa shape index (κ1) is 8.55. The Labute approximate surface area is 68.8 Å². The Morgan fingerprint density at radius 3 is 2.82 bits per heavy atom. The van der Waals surface area contributed by atoms with Gasteiger partial charge in [-0.05, 0) is 13.0 Å². The maximum atomic E-state index is 8.49. The molecule has 0 spiro atoms. The summed E-state index contributed by atoms with van der Waals surface area (Å²) in [6.07, 6.45) is 5.23. The van der Waals surface area contributed by atoms with Gasteiger partial charge in [0.2, 0.25) is 0 Å². The zero-order chi connectivity index (χ0) is 8.10. The van der Waals surface area contributed by atoms with E-state index in [1.807, 2.05) is 0 Å². The first-order chi connectivity index (χ1) is 5.38. The van der Waals surface area contributed by atoms with Gasteiger partial charge in [0.15, 0.2) is 0 Å². The number of unbranched alkanes of at least 4 members (excludes halogenated alkanes) is 3. The van der Waals surface area contributed by atoms with E-state index in [2.05, 4.69) is 17.9 Å². The average molecular weight is 152 g/mol. The number of hydrogen-bond donors (Lipinski definition) is 0. The molecule has 1 fully saturated rings. The lowest BCUT2D eigenvalue weighted by Crippen LogP contribution is -2.02. The molecule has 2 heteroatoms. The molecule has 62 valence electrons. The molecule has 0 aromatic heterocycles. The van der Waals surface area contributed by atoms with E-state index in [-0.39, 0.29) is 6.04 Å². The Bertz CT molecular complexity index is 148. The Morgan fingerprint density at radius 1 is 1.45 bits per heavy atom. The second kappa shape index (κ2) is 4.35. The highest BCUT2D eigenvalue weighted by molar-refractivity contribution is 5.05. The maximum absolute atomic E-state index is 8.49. The van der Waals surface area contributed by atoms with Crippen LogP contribution >= 0.6 is 0 Å². The number of rotatable bonds is 5. The van der Waals surface area contributed by atoms with Crippen LogP contribution in [-0.4, -0.2) is 24.0 Å². The van der Waals surface area contributed by atoms with Gasteiger partial charge in [0.25, 0.3) is 0 Å². The summed E-state index contributed by atoms with van der Waals surface area (Å²) < 4.78 is 0. The van der Waals surface area contributed by atoms with Crippen molar-refractivity contribution in [1.29, 1.82) is 5.26 Å². The molecule has 0 aromatic carbocycles. The molecule has 1 heterocycles. The molecule has 1 saturated heterocycles. The topological polar surface area (TPSA) is 26.8 Å². The van der Waals surface area contributed by atoms with Gasteiger partial charge >= 0.3 is 0 Å². The fraction of sp³-hybridized carbons (Fsp3) is 0.889. The Balaban J connectivity index is 1.87. The lowest BCUT2D eigenvalue weighted by molar-refractivity contribution is 0.493. The van der Waals surface area contributed by atoms with Crippen LogP contribution in [0.4, 0.5) is 0 Å². The van der Waals surface area contributed by atoms with E-state index in [0.29, 0.717) is 0 Å². The molecule has 1 aliphatic rings. The third kappa shape index (κ3) is 2.90. The van der Waals surface area contributed by atoms with Crippen molar-refractivity contribution in [2.75, 3.05) is 13.1 Å². The van der Waals surface area contributed by atoms with Gasteiger partial charge in [-0.3, -0.25) is 4.90 Å². The lowest BCUT2D eigenvalue weighted by Gasteiger charge is -1.99. The van der Waals surface area contributed by atoms with Gasteiger partial charge in [-0.1, -0.05) is 26.2 Å². The van der Waals surface area contributed by atoms with E-state index in [4.69, 9.17) is 5.26 Å².